The molecule has 1 amide bonds. The highest BCUT2D eigenvalue weighted by Crippen LogP contribution is 2.36. The van der Waals surface area contributed by atoms with Crippen LogP contribution in [0.4, 0.5) is 0 Å². The summed E-state index contributed by atoms with van der Waals surface area (Å²) in [5.41, 5.74) is 4.26. The Morgan fingerprint density at radius 1 is 0.971 bits per heavy atom. The zero-order chi connectivity index (χ0) is 23.2. The van der Waals surface area contributed by atoms with E-state index in [9.17, 15) is 9.59 Å². The topological polar surface area (TPSA) is 64.4 Å². The molecule has 0 radical (unpaired) electrons. The second kappa shape index (κ2) is 8.13. The highest BCUT2D eigenvalue weighted by molar-refractivity contribution is 6.07. The smallest absolute Gasteiger partial charge is 0.254 e. The number of amides is 1. The first-order chi connectivity index (χ1) is 16.6. The van der Waals surface area contributed by atoms with Crippen LogP contribution in [0.25, 0.3) is 22.2 Å². The van der Waals surface area contributed by atoms with Gasteiger partial charge in [0.05, 0.1) is 23.9 Å². The van der Waals surface area contributed by atoms with E-state index in [1.807, 2.05) is 76.2 Å². The van der Waals surface area contributed by atoms with Crippen LogP contribution in [0.5, 0.6) is 5.75 Å². The third-order valence-corrected chi connectivity index (χ3v) is 7.10. The van der Waals surface area contributed by atoms with Gasteiger partial charge in [0, 0.05) is 48.3 Å². The van der Waals surface area contributed by atoms with Gasteiger partial charge < -0.3 is 14.2 Å². The number of fused-ring (bicyclic) bond motifs is 5. The molecule has 0 N–H and O–H groups in total. The lowest BCUT2D eigenvalue weighted by atomic mass is 9.83. The number of pyridine rings is 2. The molecule has 0 aliphatic carbocycles. The van der Waals surface area contributed by atoms with Crippen LogP contribution in [0, 0.1) is 5.92 Å². The molecule has 6 nitrogen and oxygen atoms in total. The largest absolute Gasteiger partial charge is 0.497 e. The molecule has 2 atom stereocenters. The molecule has 0 spiro atoms. The van der Waals surface area contributed by atoms with Crippen LogP contribution in [0.1, 0.15) is 28.4 Å². The minimum absolute atomic E-state index is 0.0230. The van der Waals surface area contributed by atoms with E-state index in [1.54, 1.807) is 13.2 Å². The van der Waals surface area contributed by atoms with Crippen LogP contribution in [-0.4, -0.2) is 40.6 Å². The zero-order valence-electron chi connectivity index (χ0n) is 19.0. The summed E-state index contributed by atoms with van der Waals surface area (Å²) in [5.74, 6) is 1.26. The Kier molecular flexibility index (Phi) is 4.94. The number of ether oxygens (including phenoxy) is 1. The van der Waals surface area contributed by atoms with E-state index in [4.69, 9.17) is 9.72 Å². The molecule has 2 aliphatic rings. The number of carbonyl (C=O) groups is 1. The van der Waals surface area contributed by atoms with Crippen molar-refractivity contribution in [3.8, 4) is 17.0 Å². The number of para-hydroxylation sites is 1. The van der Waals surface area contributed by atoms with Gasteiger partial charge in [-0.2, -0.15) is 0 Å². The van der Waals surface area contributed by atoms with Gasteiger partial charge in [0.1, 0.15) is 5.75 Å². The first kappa shape index (κ1) is 20.7. The number of aromatic nitrogens is 2. The lowest BCUT2D eigenvalue weighted by molar-refractivity contribution is 0.0596. The summed E-state index contributed by atoms with van der Waals surface area (Å²) in [6.07, 6.45) is 1.02. The predicted octanol–water partition coefficient (Wildman–Crippen LogP) is 4.33. The monoisotopic (exact) mass is 451 g/mol. The van der Waals surface area contributed by atoms with E-state index < -0.39 is 0 Å². The maximum absolute atomic E-state index is 13.9. The van der Waals surface area contributed by atoms with Gasteiger partial charge >= 0.3 is 0 Å². The predicted molar refractivity (Wildman–Crippen MR) is 131 cm³/mol. The maximum atomic E-state index is 13.9. The van der Waals surface area contributed by atoms with Gasteiger partial charge in [-0.05, 0) is 54.8 Å². The van der Waals surface area contributed by atoms with Gasteiger partial charge in [-0.15, -0.1) is 0 Å². The number of likely N-dealkylation sites (tertiary alicyclic amines) is 1. The molecule has 34 heavy (non-hydrogen) atoms. The minimum Gasteiger partial charge on any atom is -0.497 e. The number of hydrogen-bond acceptors (Lipinski definition) is 4. The molecule has 1 saturated heterocycles. The fraction of sp³-hybridized carbons (Fsp3) is 0.250. The number of piperidine rings is 1. The fourth-order valence-electron chi connectivity index (χ4n) is 5.49. The van der Waals surface area contributed by atoms with Crippen LogP contribution in [0.2, 0.25) is 0 Å². The molecule has 6 rings (SSSR count). The lowest BCUT2D eigenvalue weighted by Crippen LogP contribution is -2.49. The summed E-state index contributed by atoms with van der Waals surface area (Å²) in [7, 11) is 1.64. The number of carbonyl (C=O) groups excluding carboxylic acids is 1. The van der Waals surface area contributed by atoms with Gasteiger partial charge in [0.2, 0.25) is 0 Å². The molecule has 170 valence electrons. The van der Waals surface area contributed by atoms with Crippen LogP contribution in [-0.2, 0) is 6.54 Å². The van der Waals surface area contributed by atoms with Crippen molar-refractivity contribution in [1.82, 2.24) is 14.5 Å². The molecular formula is C28H25N3O3. The average molecular weight is 452 g/mol. The number of hydrogen-bond donors (Lipinski definition) is 0. The fourth-order valence-corrected chi connectivity index (χ4v) is 5.49. The number of methoxy groups -OCH3 is 1. The first-order valence-electron chi connectivity index (χ1n) is 11.6. The Labute approximate surface area is 197 Å². The van der Waals surface area contributed by atoms with Crippen molar-refractivity contribution < 1.29 is 9.53 Å². The molecule has 2 bridgehead atoms. The summed E-state index contributed by atoms with van der Waals surface area (Å²) in [6, 6.07) is 22.9. The van der Waals surface area contributed by atoms with E-state index in [2.05, 4.69) is 0 Å². The Hall–Kier alpha value is -3.93. The Morgan fingerprint density at radius 3 is 2.62 bits per heavy atom. The maximum Gasteiger partial charge on any atom is 0.254 e. The van der Waals surface area contributed by atoms with Gasteiger partial charge in [-0.25, -0.2) is 4.98 Å². The van der Waals surface area contributed by atoms with E-state index in [0.29, 0.717) is 25.2 Å². The number of nitrogens with zero attached hydrogens (tertiary/aromatic N) is 3. The Morgan fingerprint density at radius 2 is 1.79 bits per heavy atom. The van der Waals surface area contributed by atoms with Crippen LogP contribution < -0.4 is 10.3 Å². The molecule has 4 aromatic rings. The molecule has 2 aromatic carbocycles. The van der Waals surface area contributed by atoms with Crippen LogP contribution in [0.3, 0.4) is 0 Å². The number of rotatable bonds is 3. The van der Waals surface area contributed by atoms with Gasteiger partial charge in [-0.1, -0.05) is 24.3 Å². The summed E-state index contributed by atoms with van der Waals surface area (Å²) < 4.78 is 7.18. The van der Waals surface area contributed by atoms with E-state index in [-0.39, 0.29) is 23.3 Å². The van der Waals surface area contributed by atoms with Crippen LogP contribution >= 0.6 is 0 Å². The zero-order valence-corrected chi connectivity index (χ0v) is 19.0. The highest BCUT2D eigenvalue weighted by atomic mass is 16.5. The SMILES string of the molecule is COc1ccc(-c2cc(C(=O)N3C[C@H]4C[C@@H](C3)c3cccc(=O)n3C4)c3ccccc3n2)cc1. The molecular weight excluding hydrogens is 426 g/mol. The standard InChI is InChI=1S/C28H25N3O3/c1-34-21-11-9-19(10-12-21)25-14-23(22-5-2-3-6-24(22)29-25)28(33)30-15-18-13-20(17-30)26-7-4-8-27(32)31(26)16-18/h2-12,14,18,20H,13,15-17H2,1H3/t18-,20+/m1/s1. The third kappa shape index (κ3) is 3.46. The lowest BCUT2D eigenvalue weighted by Gasteiger charge is -2.42. The van der Waals surface area contributed by atoms with Crippen molar-refractivity contribution in [2.24, 2.45) is 5.92 Å². The molecule has 2 aromatic heterocycles. The van der Waals surface area contributed by atoms with Crippen molar-refractivity contribution in [3.63, 3.8) is 0 Å². The number of benzene rings is 2. The van der Waals surface area contributed by atoms with Gasteiger partial charge in [0.15, 0.2) is 0 Å². The molecule has 6 heteroatoms. The van der Waals surface area contributed by atoms with Crippen molar-refractivity contribution in [2.45, 2.75) is 18.9 Å². The van der Waals surface area contributed by atoms with Crippen molar-refractivity contribution in [2.75, 3.05) is 20.2 Å². The van der Waals surface area contributed by atoms with Crippen LogP contribution in [0.15, 0.2) is 77.6 Å². The Bertz CT molecular complexity index is 1460. The van der Waals surface area contributed by atoms with Gasteiger partial charge in [0.25, 0.3) is 11.5 Å². The Balaban J connectivity index is 1.39. The van der Waals surface area contributed by atoms with E-state index >= 15 is 0 Å². The molecule has 4 heterocycles. The highest BCUT2D eigenvalue weighted by Gasteiger charge is 2.36. The minimum atomic E-state index is 0.0230. The van der Waals surface area contributed by atoms with Crippen molar-refractivity contribution in [3.05, 3.63) is 94.4 Å². The average Bonchev–Trinajstić information content (AvgIpc) is 2.88. The molecule has 0 unspecified atom stereocenters. The quantitative estimate of drug-likeness (QED) is 0.465. The summed E-state index contributed by atoms with van der Waals surface area (Å²) in [6.45, 7) is 1.95. The molecule has 1 fully saturated rings. The summed E-state index contributed by atoms with van der Waals surface area (Å²) in [4.78, 5) is 33.1. The van der Waals surface area contributed by atoms with Gasteiger partial charge in [-0.3, -0.25) is 9.59 Å². The van der Waals surface area contributed by atoms with Crippen molar-refractivity contribution >= 4 is 16.8 Å². The van der Waals surface area contributed by atoms with E-state index in [0.717, 1.165) is 40.0 Å². The molecule has 0 saturated carbocycles. The first-order valence-corrected chi connectivity index (χ1v) is 11.6. The molecule has 2 aliphatic heterocycles. The summed E-state index contributed by atoms with van der Waals surface area (Å²) in [5, 5.41) is 0.858. The second-order valence-electron chi connectivity index (χ2n) is 9.21. The third-order valence-electron chi connectivity index (χ3n) is 7.10. The summed E-state index contributed by atoms with van der Waals surface area (Å²) >= 11 is 0. The van der Waals surface area contributed by atoms with Crippen molar-refractivity contribution in [1.29, 1.82) is 0 Å². The second-order valence-corrected chi connectivity index (χ2v) is 9.21. The van der Waals surface area contributed by atoms with E-state index in [1.165, 1.54) is 0 Å². The normalized spacial score (nSPS) is 19.0.